The number of benzene rings is 3. The molecule has 0 aromatic heterocycles. The number of hydrogen-bond acceptors (Lipinski definition) is 5. The minimum absolute atomic E-state index is 0.0746. The Balaban J connectivity index is 1.26. The van der Waals surface area contributed by atoms with Gasteiger partial charge in [-0.3, -0.25) is 14.9 Å². The van der Waals surface area contributed by atoms with E-state index in [1.54, 1.807) is 18.2 Å². The number of hydrogen-bond donors (Lipinski definition) is 2. The lowest BCUT2D eigenvalue weighted by molar-refractivity contribution is 0.0746. The second-order valence-corrected chi connectivity index (χ2v) is 8.88. The molecule has 36 heavy (non-hydrogen) atoms. The maximum absolute atomic E-state index is 12.7. The Bertz CT molecular complexity index is 1190. The molecular formula is C28H30N4O3S. The van der Waals surface area contributed by atoms with Crippen LogP contribution in [0.4, 0.5) is 11.4 Å². The normalized spacial score (nSPS) is 13.1. The van der Waals surface area contributed by atoms with Crippen molar-refractivity contribution >= 4 is 40.5 Å². The average molecular weight is 503 g/mol. The summed E-state index contributed by atoms with van der Waals surface area (Å²) in [6, 6.07) is 24.3. The first kappa shape index (κ1) is 25.2. The molecule has 8 heteroatoms. The zero-order valence-electron chi connectivity index (χ0n) is 20.3. The standard InChI is InChI=1S/C28H30N4O3S/c1-2-19-35-25-10-6-9-22(20-25)26(33)30-28(36)29-23-11-13-24(14-12-23)31-15-17-32(18-16-31)27(34)21-7-4-3-5-8-21/h3-14,20H,2,15-19H2,1H3,(H2,29,30,33,36). The van der Waals surface area contributed by atoms with E-state index in [4.69, 9.17) is 17.0 Å². The smallest absolute Gasteiger partial charge is 0.257 e. The molecule has 0 saturated carbocycles. The zero-order chi connectivity index (χ0) is 25.3. The predicted octanol–water partition coefficient (Wildman–Crippen LogP) is 4.56. The first-order chi connectivity index (χ1) is 17.5. The fourth-order valence-corrected chi connectivity index (χ4v) is 4.18. The second kappa shape index (κ2) is 12.2. The topological polar surface area (TPSA) is 73.9 Å². The molecule has 3 aromatic carbocycles. The van der Waals surface area contributed by atoms with Gasteiger partial charge in [-0.1, -0.05) is 31.2 Å². The maximum Gasteiger partial charge on any atom is 0.257 e. The quantitative estimate of drug-likeness (QED) is 0.462. The van der Waals surface area contributed by atoms with Gasteiger partial charge in [0.2, 0.25) is 0 Å². The SMILES string of the molecule is CCCOc1cccc(C(=O)NC(=S)Nc2ccc(N3CCN(C(=O)c4ccccc4)CC3)cc2)c1. The zero-order valence-corrected chi connectivity index (χ0v) is 21.1. The minimum Gasteiger partial charge on any atom is -0.494 e. The molecule has 0 spiro atoms. The average Bonchev–Trinajstić information content (AvgIpc) is 2.92. The molecule has 1 heterocycles. The summed E-state index contributed by atoms with van der Waals surface area (Å²) in [5, 5.41) is 5.99. The molecule has 1 aliphatic rings. The van der Waals surface area contributed by atoms with Crippen molar-refractivity contribution in [3.05, 3.63) is 90.0 Å². The van der Waals surface area contributed by atoms with Crippen molar-refractivity contribution in [2.75, 3.05) is 43.0 Å². The van der Waals surface area contributed by atoms with Crippen LogP contribution < -0.4 is 20.3 Å². The lowest BCUT2D eigenvalue weighted by Gasteiger charge is -2.36. The molecule has 2 amide bonds. The molecule has 0 radical (unpaired) electrons. The van der Waals surface area contributed by atoms with Gasteiger partial charge < -0.3 is 19.9 Å². The van der Waals surface area contributed by atoms with Crippen molar-refractivity contribution in [2.45, 2.75) is 13.3 Å². The number of nitrogens with zero attached hydrogens (tertiary/aromatic N) is 2. The summed E-state index contributed by atoms with van der Waals surface area (Å²) in [7, 11) is 0. The van der Waals surface area contributed by atoms with Gasteiger partial charge in [0.05, 0.1) is 6.61 Å². The molecule has 0 unspecified atom stereocenters. The van der Waals surface area contributed by atoms with E-state index >= 15 is 0 Å². The molecule has 1 saturated heterocycles. The fraction of sp³-hybridized carbons (Fsp3) is 0.250. The number of piperazine rings is 1. The van der Waals surface area contributed by atoms with Crippen LogP contribution in [0, 0.1) is 0 Å². The third-order valence-electron chi connectivity index (χ3n) is 5.87. The molecule has 0 bridgehead atoms. The summed E-state index contributed by atoms with van der Waals surface area (Å²) in [4.78, 5) is 29.4. The van der Waals surface area contributed by atoms with Gasteiger partial charge in [-0.2, -0.15) is 0 Å². The van der Waals surface area contributed by atoms with Gasteiger partial charge in [0.1, 0.15) is 5.75 Å². The van der Waals surface area contributed by atoms with Crippen molar-refractivity contribution < 1.29 is 14.3 Å². The van der Waals surface area contributed by atoms with Crippen molar-refractivity contribution in [1.29, 1.82) is 0 Å². The molecule has 0 aliphatic carbocycles. The fourth-order valence-electron chi connectivity index (χ4n) is 3.97. The third kappa shape index (κ3) is 6.60. The van der Waals surface area contributed by atoms with Gasteiger partial charge in [0, 0.05) is 48.7 Å². The van der Waals surface area contributed by atoms with Crippen LogP contribution in [0.15, 0.2) is 78.9 Å². The highest BCUT2D eigenvalue weighted by Gasteiger charge is 2.22. The van der Waals surface area contributed by atoms with Crippen LogP contribution in [0.3, 0.4) is 0 Å². The lowest BCUT2D eigenvalue weighted by Crippen LogP contribution is -2.48. The van der Waals surface area contributed by atoms with Crippen LogP contribution in [0.5, 0.6) is 5.75 Å². The van der Waals surface area contributed by atoms with Crippen molar-refractivity contribution in [2.24, 2.45) is 0 Å². The first-order valence-electron chi connectivity index (χ1n) is 12.1. The van der Waals surface area contributed by atoms with Gasteiger partial charge in [-0.15, -0.1) is 0 Å². The molecule has 186 valence electrons. The van der Waals surface area contributed by atoms with Crippen molar-refractivity contribution in [1.82, 2.24) is 10.2 Å². The van der Waals surface area contributed by atoms with Crippen molar-refractivity contribution in [3.8, 4) is 5.75 Å². The summed E-state index contributed by atoms with van der Waals surface area (Å²) >= 11 is 5.33. The number of amides is 2. The Morgan fingerprint density at radius 3 is 2.28 bits per heavy atom. The maximum atomic E-state index is 12.7. The lowest BCUT2D eigenvalue weighted by atomic mass is 10.1. The number of carbonyl (C=O) groups excluding carboxylic acids is 2. The molecule has 0 atom stereocenters. The Labute approximate surface area is 217 Å². The van der Waals surface area contributed by atoms with E-state index in [2.05, 4.69) is 15.5 Å². The number of nitrogens with one attached hydrogen (secondary N) is 2. The van der Waals surface area contributed by atoms with Gasteiger partial charge in [0.15, 0.2) is 5.11 Å². The van der Waals surface area contributed by atoms with E-state index in [0.717, 1.165) is 36.4 Å². The van der Waals surface area contributed by atoms with E-state index in [0.29, 0.717) is 31.0 Å². The van der Waals surface area contributed by atoms with Gasteiger partial charge in [-0.05, 0) is 73.2 Å². The highest BCUT2D eigenvalue weighted by atomic mass is 32.1. The molecule has 7 nitrogen and oxygen atoms in total. The van der Waals surface area contributed by atoms with Crippen LogP contribution in [0.1, 0.15) is 34.1 Å². The minimum atomic E-state index is -0.297. The van der Waals surface area contributed by atoms with Crippen LogP contribution in [-0.2, 0) is 0 Å². The monoisotopic (exact) mass is 502 g/mol. The Morgan fingerprint density at radius 1 is 0.889 bits per heavy atom. The van der Waals surface area contributed by atoms with Crippen molar-refractivity contribution in [3.63, 3.8) is 0 Å². The molecule has 3 aromatic rings. The molecule has 4 rings (SSSR count). The summed E-state index contributed by atoms with van der Waals surface area (Å²) in [5.41, 5.74) is 3.06. The predicted molar refractivity (Wildman–Crippen MR) is 147 cm³/mol. The largest absolute Gasteiger partial charge is 0.494 e. The second-order valence-electron chi connectivity index (χ2n) is 8.48. The molecular weight excluding hydrogens is 472 g/mol. The Kier molecular flexibility index (Phi) is 8.52. The van der Waals surface area contributed by atoms with E-state index < -0.39 is 0 Å². The molecule has 1 fully saturated rings. The molecule has 1 aliphatic heterocycles. The van der Waals surface area contributed by atoms with Crippen LogP contribution >= 0.6 is 12.2 Å². The highest BCUT2D eigenvalue weighted by molar-refractivity contribution is 7.80. The molecule has 2 N–H and O–H groups in total. The van der Waals surface area contributed by atoms with E-state index in [9.17, 15) is 9.59 Å². The van der Waals surface area contributed by atoms with Gasteiger partial charge in [0.25, 0.3) is 11.8 Å². The number of ether oxygens (including phenoxy) is 1. The number of thiocarbonyl (C=S) groups is 1. The van der Waals surface area contributed by atoms with Crippen LogP contribution in [0.25, 0.3) is 0 Å². The third-order valence-corrected chi connectivity index (χ3v) is 6.08. The highest BCUT2D eigenvalue weighted by Crippen LogP contribution is 2.20. The van der Waals surface area contributed by atoms with Crippen LogP contribution in [-0.4, -0.2) is 54.6 Å². The van der Waals surface area contributed by atoms with E-state index in [-0.39, 0.29) is 16.9 Å². The summed E-state index contributed by atoms with van der Waals surface area (Å²) in [6.45, 7) is 5.51. The van der Waals surface area contributed by atoms with Gasteiger partial charge in [-0.25, -0.2) is 0 Å². The summed E-state index contributed by atoms with van der Waals surface area (Å²) < 4.78 is 5.59. The Morgan fingerprint density at radius 2 is 1.58 bits per heavy atom. The number of anilines is 2. The van der Waals surface area contributed by atoms with E-state index in [1.165, 1.54) is 0 Å². The number of rotatable bonds is 7. The van der Waals surface area contributed by atoms with E-state index in [1.807, 2.05) is 72.5 Å². The van der Waals surface area contributed by atoms with Gasteiger partial charge >= 0.3 is 0 Å². The Hall–Kier alpha value is -3.91. The van der Waals surface area contributed by atoms with Crippen LogP contribution in [0.2, 0.25) is 0 Å². The summed E-state index contributed by atoms with van der Waals surface area (Å²) in [6.07, 6.45) is 0.896. The number of carbonyl (C=O) groups is 2. The first-order valence-corrected chi connectivity index (χ1v) is 12.5. The summed E-state index contributed by atoms with van der Waals surface area (Å²) in [5.74, 6) is 0.434.